The third-order valence-electron chi connectivity index (χ3n) is 3.77. The first kappa shape index (κ1) is 22.5. The van der Waals surface area contributed by atoms with Gasteiger partial charge < -0.3 is 9.64 Å². The van der Waals surface area contributed by atoms with Crippen LogP contribution in [0.25, 0.3) is 0 Å². The molecule has 1 amide bonds. The zero-order valence-corrected chi connectivity index (χ0v) is 18.2. The smallest absolute Gasteiger partial charge is 0.244 e. The molecule has 0 aliphatic rings. The molecule has 7 nitrogen and oxygen atoms in total. The van der Waals surface area contributed by atoms with E-state index < -0.39 is 10.0 Å². The van der Waals surface area contributed by atoms with E-state index in [2.05, 4.69) is 4.98 Å². The van der Waals surface area contributed by atoms with Gasteiger partial charge >= 0.3 is 0 Å². The van der Waals surface area contributed by atoms with Gasteiger partial charge in [0.15, 0.2) is 0 Å². The van der Waals surface area contributed by atoms with Crippen molar-refractivity contribution in [2.75, 3.05) is 40.0 Å². The van der Waals surface area contributed by atoms with E-state index in [0.717, 1.165) is 4.31 Å². The number of pyridine rings is 1. The number of ether oxygens (including phenoxy) is 1. The average Bonchev–Trinajstić information content (AvgIpc) is 2.67. The minimum Gasteiger partial charge on any atom is -0.492 e. The standard InChI is InChI=1S/C18H22ClN3O4S2/c1-21(2)28(24,25)16-8-9-17(20-12-16)27-13-18(23)22(3)10-11-26-15-6-4-14(19)5-7-15/h4-9,12H,10-11,13H2,1-3H3. The van der Waals surface area contributed by atoms with Crippen LogP contribution in [0.15, 0.2) is 52.5 Å². The highest BCUT2D eigenvalue weighted by molar-refractivity contribution is 7.99. The SMILES string of the molecule is CN(CCOc1ccc(Cl)cc1)C(=O)CSc1ccc(S(=O)(=O)N(C)C)cn1. The second-order valence-electron chi connectivity index (χ2n) is 6.03. The van der Waals surface area contributed by atoms with E-state index in [0.29, 0.717) is 28.9 Å². The van der Waals surface area contributed by atoms with Crippen LogP contribution < -0.4 is 4.74 Å². The molecular weight excluding hydrogens is 422 g/mol. The summed E-state index contributed by atoms with van der Waals surface area (Å²) in [4.78, 5) is 18.0. The monoisotopic (exact) mass is 443 g/mol. The van der Waals surface area contributed by atoms with Crippen molar-refractivity contribution in [3.8, 4) is 5.75 Å². The van der Waals surface area contributed by atoms with Gasteiger partial charge in [-0.3, -0.25) is 4.79 Å². The number of nitrogens with zero attached hydrogens (tertiary/aromatic N) is 3. The molecule has 0 bridgehead atoms. The summed E-state index contributed by atoms with van der Waals surface area (Å²) in [5.74, 6) is 0.817. The summed E-state index contributed by atoms with van der Waals surface area (Å²) in [6.07, 6.45) is 1.30. The van der Waals surface area contributed by atoms with Crippen molar-refractivity contribution in [2.24, 2.45) is 0 Å². The number of rotatable bonds is 9. The number of thioether (sulfide) groups is 1. The van der Waals surface area contributed by atoms with Gasteiger partial charge in [-0.1, -0.05) is 23.4 Å². The second-order valence-corrected chi connectivity index (χ2v) is 9.61. The van der Waals surface area contributed by atoms with Gasteiger partial charge in [0.2, 0.25) is 15.9 Å². The number of sulfonamides is 1. The van der Waals surface area contributed by atoms with E-state index in [-0.39, 0.29) is 16.6 Å². The van der Waals surface area contributed by atoms with Gasteiger partial charge in [0, 0.05) is 32.4 Å². The number of carbonyl (C=O) groups excluding carboxylic acids is 1. The third kappa shape index (κ3) is 6.37. The molecule has 0 saturated carbocycles. The predicted octanol–water partition coefficient (Wildman–Crippen LogP) is 2.61. The lowest BCUT2D eigenvalue weighted by Crippen LogP contribution is -2.32. The van der Waals surface area contributed by atoms with Crippen LogP contribution in [0.1, 0.15) is 0 Å². The van der Waals surface area contributed by atoms with Crippen molar-refractivity contribution < 1.29 is 17.9 Å². The number of halogens is 1. The van der Waals surface area contributed by atoms with Crippen molar-refractivity contribution in [1.82, 2.24) is 14.2 Å². The average molecular weight is 444 g/mol. The molecule has 0 saturated heterocycles. The largest absolute Gasteiger partial charge is 0.492 e. The molecular formula is C18H22ClN3O4S2. The molecule has 2 aromatic rings. The zero-order chi connectivity index (χ0) is 20.7. The summed E-state index contributed by atoms with van der Waals surface area (Å²) in [6, 6.07) is 10.1. The Hall–Kier alpha value is -1.81. The lowest BCUT2D eigenvalue weighted by Gasteiger charge is -2.17. The fourth-order valence-corrected chi connectivity index (χ4v) is 3.77. The lowest BCUT2D eigenvalue weighted by molar-refractivity contribution is -0.127. The van der Waals surface area contributed by atoms with Crippen molar-refractivity contribution in [2.45, 2.75) is 9.92 Å². The molecule has 0 unspecified atom stereocenters. The summed E-state index contributed by atoms with van der Waals surface area (Å²) in [5, 5.41) is 1.22. The molecule has 0 atom stereocenters. The number of carbonyl (C=O) groups is 1. The minimum atomic E-state index is -3.51. The van der Waals surface area contributed by atoms with E-state index >= 15 is 0 Å². The molecule has 10 heteroatoms. The van der Waals surface area contributed by atoms with Gasteiger partial charge in [0.25, 0.3) is 0 Å². The summed E-state index contributed by atoms with van der Waals surface area (Å²) < 4.78 is 30.7. The summed E-state index contributed by atoms with van der Waals surface area (Å²) in [7, 11) is 1.12. The van der Waals surface area contributed by atoms with Crippen LogP contribution >= 0.6 is 23.4 Å². The highest BCUT2D eigenvalue weighted by atomic mass is 35.5. The van der Waals surface area contributed by atoms with Gasteiger partial charge in [-0.05, 0) is 36.4 Å². The van der Waals surface area contributed by atoms with E-state index in [1.54, 1.807) is 42.3 Å². The molecule has 152 valence electrons. The summed E-state index contributed by atoms with van der Waals surface area (Å²) in [5.41, 5.74) is 0. The molecule has 1 aromatic carbocycles. The van der Waals surface area contributed by atoms with E-state index in [4.69, 9.17) is 16.3 Å². The Kier molecular flexibility index (Phi) is 8.11. The van der Waals surface area contributed by atoms with Crippen LogP contribution in [0, 0.1) is 0 Å². The van der Waals surface area contributed by atoms with Crippen LogP contribution in [0.5, 0.6) is 5.75 Å². The molecule has 0 radical (unpaired) electrons. The van der Waals surface area contributed by atoms with Gasteiger partial charge in [-0.25, -0.2) is 17.7 Å². The topological polar surface area (TPSA) is 79.8 Å². The molecule has 2 rings (SSSR count). The van der Waals surface area contributed by atoms with Crippen molar-refractivity contribution in [3.05, 3.63) is 47.6 Å². The number of amides is 1. The number of aromatic nitrogens is 1. The third-order valence-corrected chi connectivity index (χ3v) is 6.75. The van der Waals surface area contributed by atoms with Crippen LogP contribution in [-0.4, -0.2) is 68.6 Å². The number of benzene rings is 1. The highest BCUT2D eigenvalue weighted by Crippen LogP contribution is 2.19. The molecule has 0 aliphatic heterocycles. The molecule has 0 spiro atoms. The van der Waals surface area contributed by atoms with Gasteiger partial charge in [-0.15, -0.1) is 0 Å². The Morgan fingerprint density at radius 3 is 2.39 bits per heavy atom. The number of hydrogen-bond acceptors (Lipinski definition) is 6. The second kappa shape index (κ2) is 10.1. The first-order valence-electron chi connectivity index (χ1n) is 8.34. The number of hydrogen-bond donors (Lipinski definition) is 0. The fraction of sp³-hybridized carbons (Fsp3) is 0.333. The predicted molar refractivity (Wildman–Crippen MR) is 110 cm³/mol. The Bertz CT molecular complexity index is 888. The normalized spacial score (nSPS) is 11.5. The Morgan fingerprint density at radius 1 is 1.14 bits per heavy atom. The Morgan fingerprint density at radius 2 is 1.82 bits per heavy atom. The fourth-order valence-electron chi connectivity index (χ4n) is 2.02. The quantitative estimate of drug-likeness (QED) is 0.554. The van der Waals surface area contributed by atoms with Gasteiger partial charge in [0.05, 0.1) is 17.3 Å². The van der Waals surface area contributed by atoms with Crippen molar-refractivity contribution >= 4 is 39.3 Å². The Labute approximate surface area is 174 Å². The van der Waals surface area contributed by atoms with Crippen LogP contribution in [0.2, 0.25) is 5.02 Å². The highest BCUT2D eigenvalue weighted by Gasteiger charge is 2.17. The van der Waals surface area contributed by atoms with E-state index in [1.807, 2.05) is 0 Å². The van der Waals surface area contributed by atoms with E-state index in [1.165, 1.54) is 38.1 Å². The van der Waals surface area contributed by atoms with Crippen molar-refractivity contribution in [3.63, 3.8) is 0 Å². The molecule has 0 N–H and O–H groups in total. The maximum absolute atomic E-state index is 12.2. The Balaban J connectivity index is 1.78. The first-order chi connectivity index (χ1) is 13.2. The van der Waals surface area contributed by atoms with Crippen LogP contribution in [0.4, 0.5) is 0 Å². The summed E-state index contributed by atoms with van der Waals surface area (Å²) in [6.45, 7) is 0.805. The van der Waals surface area contributed by atoms with E-state index in [9.17, 15) is 13.2 Å². The minimum absolute atomic E-state index is 0.0727. The maximum atomic E-state index is 12.2. The van der Waals surface area contributed by atoms with Crippen LogP contribution in [-0.2, 0) is 14.8 Å². The van der Waals surface area contributed by atoms with Crippen LogP contribution in [0.3, 0.4) is 0 Å². The molecule has 1 heterocycles. The molecule has 28 heavy (non-hydrogen) atoms. The van der Waals surface area contributed by atoms with Gasteiger partial charge in [0.1, 0.15) is 17.3 Å². The molecule has 0 aliphatic carbocycles. The maximum Gasteiger partial charge on any atom is 0.244 e. The molecule has 0 fully saturated rings. The van der Waals surface area contributed by atoms with Crippen molar-refractivity contribution in [1.29, 1.82) is 0 Å². The summed E-state index contributed by atoms with van der Waals surface area (Å²) >= 11 is 7.07. The first-order valence-corrected chi connectivity index (χ1v) is 11.1. The lowest BCUT2D eigenvalue weighted by atomic mass is 10.3. The number of likely N-dealkylation sites (N-methyl/N-ethyl adjacent to an activating group) is 1. The van der Waals surface area contributed by atoms with Gasteiger partial charge in [-0.2, -0.15) is 0 Å². The molecule has 1 aromatic heterocycles. The zero-order valence-electron chi connectivity index (χ0n) is 15.8.